The van der Waals surface area contributed by atoms with Crippen molar-refractivity contribution in [3.05, 3.63) is 29.3 Å². The highest BCUT2D eigenvalue weighted by Crippen LogP contribution is 2.34. The van der Waals surface area contributed by atoms with Gasteiger partial charge in [-0.1, -0.05) is 13.0 Å². The summed E-state index contributed by atoms with van der Waals surface area (Å²) >= 11 is 0. The number of nitrogens with zero attached hydrogens (tertiary/aromatic N) is 4. The summed E-state index contributed by atoms with van der Waals surface area (Å²) in [6.45, 7) is 8.29. The maximum Gasteiger partial charge on any atom is 0.327 e. The van der Waals surface area contributed by atoms with Gasteiger partial charge in [0.15, 0.2) is 0 Å². The number of anilines is 1. The molecule has 2 N–H and O–H groups in total. The number of likely N-dealkylation sites (N-methyl/N-ethyl adjacent to an activating group) is 1. The third-order valence-corrected chi connectivity index (χ3v) is 6.45. The van der Waals surface area contributed by atoms with Gasteiger partial charge in [-0.3, -0.25) is 19.9 Å². The molecule has 0 spiro atoms. The van der Waals surface area contributed by atoms with Crippen LogP contribution < -0.4 is 10.2 Å². The Morgan fingerprint density at radius 2 is 1.93 bits per heavy atom. The number of imide groups is 1. The number of hydrogen-bond donors (Lipinski definition) is 2. The number of carbonyl (C=O) groups excluding carboxylic acids is 2. The smallest absolute Gasteiger partial charge is 0.327 e. The van der Waals surface area contributed by atoms with Crippen LogP contribution in [0.4, 0.5) is 10.5 Å². The molecule has 0 saturated carbocycles. The average Bonchev–Trinajstić information content (AvgIpc) is 3.07. The van der Waals surface area contributed by atoms with Crippen molar-refractivity contribution in [2.24, 2.45) is 5.92 Å². The standard InChI is InChI=1S/C21H31N5O3/c1-13-11-25(16-7-6-14(2)15(3)10-16)20-22-18-17(26(20)12-13)19(28)24(8-5-9-27)21(29)23(18)4/h6-7,10,13,17-18,20,22,27H,5,8-9,11-12H2,1-4H3. The summed E-state index contributed by atoms with van der Waals surface area (Å²) in [6, 6.07) is 5.74. The second-order valence-electron chi connectivity index (χ2n) is 8.61. The molecule has 1 aromatic carbocycles. The second-order valence-corrected chi connectivity index (χ2v) is 8.61. The van der Waals surface area contributed by atoms with E-state index in [-0.39, 0.29) is 37.5 Å². The van der Waals surface area contributed by atoms with Crippen LogP contribution in [0.15, 0.2) is 18.2 Å². The van der Waals surface area contributed by atoms with Gasteiger partial charge in [0.05, 0.1) is 0 Å². The number of rotatable bonds is 4. The van der Waals surface area contributed by atoms with Crippen molar-refractivity contribution in [2.75, 3.05) is 38.2 Å². The fraction of sp³-hybridized carbons (Fsp3) is 0.619. The highest BCUT2D eigenvalue weighted by Gasteiger charge is 2.56. The Kier molecular flexibility index (Phi) is 5.27. The third kappa shape index (κ3) is 3.29. The molecule has 3 fully saturated rings. The first kappa shape index (κ1) is 20.1. The number of benzene rings is 1. The van der Waals surface area contributed by atoms with Crippen molar-refractivity contribution in [1.82, 2.24) is 20.0 Å². The molecule has 3 aliphatic rings. The summed E-state index contributed by atoms with van der Waals surface area (Å²) in [4.78, 5) is 33.5. The van der Waals surface area contributed by atoms with Crippen LogP contribution >= 0.6 is 0 Å². The maximum absolute atomic E-state index is 13.3. The van der Waals surface area contributed by atoms with Crippen LogP contribution in [0.2, 0.25) is 0 Å². The molecule has 3 saturated heterocycles. The van der Waals surface area contributed by atoms with Crippen LogP contribution in [-0.2, 0) is 4.79 Å². The summed E-state index contributed by atoms with van der Waals surface area (Å²) in [6.07, 6.45) is -0.102. The van der Waals surface area contributed by atoms with Gasteiger partial charge >= 0.3 is 6.03 Å². The van der Waals surface area contributed by atoms with Gasteiger partial charge in [-0.2, -0.15) is 0 Å². The van der Waals surface area contributed by atoms with Crippen molar-refractivity contribution in [1.29, 1.82) is 0 Å². The fourth-order valence-corrected chi connectivity index (χ4v) is 4.76. The number of hydrogen-bond acceptors (Lipinski definition) is 6. The first-order valence-electron chi connectivity index (χ1n) is 10.4. The molecule has 4 rings (SSSR count). The van der Waals surface area contributed by atoms with Crippen molar-refractivity contribution >= 4 is 17.6 Å². The third-order valence-electron chi connectivity index (χ3n) is 6.45. The Morgan fingerprint density at radius 1 is 1.17 bits per heavy atom. The number of amides is 3. The molecular weight excluding hydrogens is 370 g/mol. The lowest BCUT2D eigenvalue weighted by atomic mass is 10.0. The molecule has 3 amide bonds. The fourth-order valence-electron chi connectivity index (χ4n) is 4.76. The van der Waals surface area contributed by atoms with Crippen molar-refractivity contribution in [2.45, 2.75) is 45.7 Å². The number of aliphatic hydroxyl groups is 1. The number of nitrogens with one attached hydrogen (secondary N) is 1. The molecule has 1 aromatic rings. The van der Waals surface area contributed by atoms with Gasteiger partial charge in [0.2, 0.25) is 0 Å². The van der Waals surface area contributed by atoms with Crippen LogP contribution in [-0.4, -0.2) is 83.5 Å². The lowest BCUT2D eigenvalue weighted by Crippen LogP contribution is -2.66. The monoisotopic (exact) mass is 401 g/mol. The van der Waals surface area contributed by atoms with Crippen LogP contribution in [0.1, 0.15) is 24.5 Å². The first-order chi connectivity index (χ1) is 13.8. The molecule has 4 atom stereocenters. The molecule has 0 bridgehead atoms. The Labute approximate surface area is 172 Å². The summed E-state index contributed by atoms with van der Waals surface area (Å²) < 4.78 is 0. The Bertz CT molecular complexity index is 816. The van der Waals surface area contributed by atoms with Crippen LogP contribution in [0, 0.1) is 19.8 Å². The summed E-state index contributed by atoms with van der Waals surface area (Å²) in [7, 11) is 1.74. The van der Waals surface area contributed by atoms with E-state index >= 15 is 0 Å². The zero-order valence-corrected chi connectivity index (χ0v) is 17.6. The molecule has 0 radical (unpaired) electrons. The molecular formula is C21H31N5O3. The molecule has 29 heavy (non-hydrogen) atoms. The number of urea groups is 1. The predicted octanol–water partition coefficient (Wildman–Crippen LogP) is 0.919. The lowest BCUT2D eigenvalue weighted by molar-refractivity contribution is -0.139. The average molecular weight is 402 g/mol. The largest absolute Gasteiger partial charge is 0.396 e. The topological polar surface area (TPSA) is 79.4 Å². The number of fused-ring (bicyclic) bond motifs is 3. The van der Waals surface area contributed by atoms with Gasteiger partial charge in [-0.05, 0) is 49.4 Å². The van der Waals surface area contributed by atoms with Gasteiger partial charge in [0.25, 0.3) is 5.91 Å². The van der Waals surface area contributed by atoms with Crippen LogP contribution in [0.25, 0.3) is 0 Å². The van der Waals surface area contributed by atoms with E-state index in [1.165, 1.54) is 16.0 Å². The highest BCUT2D eigenvalue weighted by molar-refractivity contribution is 6.00. The summed E-state index contributed by atoms with van der Waals surface area (Å²) in [5.41, 5.74) is 3.62. The van der Waals surface area contributed by atoms with Crippen molar-refractivity contribution < 1.29 is 14.7 Å². The minimum Gasteiger partial charge on any atom is -0.396 e. The first-order valence-corrected chi connectivity index (χ1v) is 10.4. The van der Waals surface area contributed by atoms with E-state index in [2.05, 4.69) is 54.1 Å². The Hall–Kier alpha value is -2.16. The lowest BCUT2D eigenvalue weighted by Gasteiger charge is -2.46. The molecule has 0 aromatic heterocycles. The van der Waals surface area contributed by atoms with E-state index < -0.39 is 6.04 Å². The van der Waals surface area contributed by atoms with Crippen LogP contribution in [0.5, 0.6) is 0 Å². The number of aryl methyl sites for hydroxylation is 2. The Morgan fingerprint density at radius 3 is 2.62 bits per heavy atom. The van der Waals surface area contributed by atoms with Gasteiger partial charge in [-0.15, -0.1) is 0 Å². The minimum absolute atomic E-state index is 0.0446. The van der Waals surface area contributed by atoms with E-state index in [4.69, 9.17) is 5.11 Å². The van der Waals surface area contributed by atoms with Gasteiger partial charge in [0.1, 0.15) is 18.5 Å². The quantitative estimate of drug-likeness (QED) is 0.781. The number of carbonyl (C=O) groups is 2. The zero-order valence-electron chi connectivity index (χ0n) is 17.6. The van der Waals surface area contributed by atoms with E-state index in [9.17, 15) is 9.59 Å². The predicted molar refractivity (Wildman–Crippen MR) is 110 cm³/mol. The van der Waals surface area contributed by atoms with Gasteiger partial charge in [-0.25, -0.2) is 4.79 Å². The Balaban J connectivity index is 1.66. The summed E-state index contributed by atoms with van der Waals surface area (Å²) in [5.74, 6) is 0.214. The maximum atomic E-state index is 13.3. The molecule has 8 nitrogen and oxygen atoms in total. The highest BCUT2D eigenvalue weighted by atomic mass is 16.3. The van der Waals surface area contributed by atoms with E-state index in [0.29, 0.717) is 12.3 Å². The second kappa shape index (κ2) is 7.59. The molecule has 8 heteroatoms. The van der Waals surface area contributed by atoms with Gasteiger partial charge in [0, 0.05) is 39.0 Å². The molecule has 0 aliphatic carbocycles. The normalized spacial score (nSPS) is 30.0. The number of aliphatic hydroxyl groups excluding tert-OH is 1. The molecule has 3 heterocycles. The van der Waals surface area contributed by atoms with E-state index in [0.717, 1.165) is 18.8 Å². The molecule has 3 aliphatic heterocycles. The SMILES string of the molecule is Cc1ccc(N2CC(C)CN3C4C(=O)N(CCCO)C(=O)N(C)C4NC23)cc1C. The molecule has 158 valence electrons. The zero-order chi connectivity index (χ0) is 20.9. The van der Waals surface area contributed by atoms with E-state index in [1.54, 1.807) is 11.9 Å². The minimum atomic E-state index is -0.418. The van der Waals surface area contributed by atoms with Crippen molar-refractivity contribution in [3.8, 4) is 0 Å². The van der Waals surface area contributed by atoms with Gasteiger partial charge < -0.3 is 14.9 Å². The van der Waals surface area contributed by atoms with E-state index in [1.807, 2.05) is 0 Å². The summed E-state index contributed by atoms with van der Waals surface area (Å²) in [5, 5.41) is 12.7. The molecule has 4 unspecified atom stereocenters. The van der Waals surface area contributed by atoms with Crippen LogP contribution in [0.3, 0.4) is 0 Å². The van der Waals surface area contributed by atoms with Crippen molar-refractivity contribution in [3.63, 3.8) is 0 Å².